The smallest absolute Gasteiger partial charge is 0.293 e. The van der Waals surface area contributed by atoms with Gasteiger partial charge in [-0.05, 0) is 42.4 Å². The highest BCUT2D eigenvalue weighted by atomic mass is 35.5. The van der Waals surface area contributed by atoms with E-state index in [9.17, 15) is 19.7 Å². The Hall–Kier alpha value is -3.36. The topological polar surface area (TPSA) is 93.7 Å². The molecule has 7 nitrogen and oxygen atoms in total. The van der Waals surface area contributed by atoms with Gasteiger partial charge in [-0.3, -0.25) is 24.6 Å². The third-order valence-corrected chi connectivity index (χ3v) is 5.86. The second-order valence-electron chi connectivity index (χ2n) is 6.88. The fourth-order valence-corrected chi connectivity index (χ4v) is 4.18. The van der Waals surface area contributed by atoms with Gasteiger partial charge in [0.1, 0.15) is 11.5 Å². The van der Waals surface area contributed by atoms with Gasteiger partial charge in [0.25, 0.3) is 16.8 Å². The predicted octanol–water partition coefficient (Wildman–Crippen LogP) is 6.05. The molecule has 1 aliphatic rings. The number of hydrogen-bond acceptors (Lipinski definition) is 6. The minimum atomic E-state index is -0.520. The van der Waals surface area contributed by atoms with E-state index >= 15 is 0 Å². The summed E-state index contributed by atoms with van der Waals surface area (Å²) in [5, 5.41) is 11.0. The third-order valence-electron chi connectivity index (χ3n) is 4.62. The van der Waals surface area contributed by atoms with Crippen molar-refractivity contribution in [2.45, 2.75) is 13.5 Å². The highest BCUT2D eigenvalue weighted by molar-refractivity contribution is 8.18. The molecular formula is C22H15ClN2O5S. The summed E-state index contributed by atoms with van der Waals surface area (Å²) in [5.74, 6) is 0.250. The normalized spacial score (nSPS) is 15.2. The van der Waals surface area contributed by atoms with Gasteiger partial charge in [-0.1, -0.05) is 41.4 Å². The van der Waals surface area contributed by atoms with Crippen LogP contribution in [0.15, 0.2) is 63.9 Å². The number of amides is 2. The van der Waals surface area contributed by atoms with Gasteiger partial charge < -0.3 is 4.42 Å². The molecule has 0 radical (unpaired) electrons. The van der Waals surface area contributed by atoms with Crippen molar-refractivity contribution in [3.05, 3.63) is 91.5 Å². The Balaban J connectivity index is 1.57. The second kappa shape index (κ2) is 8.41. The quantitative estimate of drug-likeness (QED) is 0.264. The fraction of sp³-hybridized carbons (Fsp3) is 0.0909. The summed E-state index contributed by atoms with van der Waals surface area (Å²) in [6.45, 7) is 2.13. The van der Waals surface area contributed by atoms with Crippen LogP contribution in [-0.2, 0) is 11.3 Å². The van der Waals surface area contributed by atoms with E-state index in [1.807, 2.05) is 31.2 Å². The van der Waals surface area contributed by atoms with E-state index < -0.39 is 10.8 Å². The van der Waals surface area contributed by atoms with Crippen LogP contribution in [0.3, 0.4) is 0 Å². The van der Waals surface area contributed by atoms with Crippen molar-refractivity contribution in [1.82, 2.24) is 4.90 Å². The van der Waals surface area contributed by atoms with Crippen LogP contribution < -0.4 is 0 Å². The van der Waals surface area contributed by atoms with Gasteiger partial charge in [0, 0.05) is 23.8 Å². The summed E-state index contributed by atoms with van der Waals surface area (Å²) in [7, 11) is 0. The van der Waals surface area contributed by atoms with Gasteiger partial charge in [-0.25, -0.2) is 0 Å². The Bertz CT molecular complexity index is 1250. The van der Waals surface area contributed by atoms with Gasteiger partial charge in [0.05, 0.1) is 21.4 Å². The molecule has 0 aliphatic carbocycles. The minimum absolute atomic E-state index is 0.116. The van der Waals surface area contributed by atoms with E-state index in [1.165, 1.54) is 29.2 Å². The zero-order valence-corrected chi connectivity index (χ0v) is 17.8. The van der Waals surface area contributed by atoms with Crippen molar-refractivity contribution in [2.75, 3.05) is 0 Å². The van der Waals surface area contributed by atoms with Crippen LogP contribution in [0.4, 0.5) is 10.5 Å². The van der Waals surface area contributed by atoms with Crippen molar-refractivity contribution in [3.63, 3.8) is 0 Å². The monoisotopic (exact) mass is 454 g/mol. The van der Waals surface area contributed by atoms with E-state index in [0.29, 0.717) is 22.1 Å². The maximum Gasteiger partial charge on any atom is 0.293 e. The molecule has 0 unspecified atom stereocenters. The molecule has 0 N–H and O–H groups in total. The Kier molecular flexibility index (Phi) is 5.67. The van der Waals surface area contributed by atoms with E-state index in [1.54, 1.807) is 12.1 Å². The maximum atomic E-state index is 12.7. The number of nitro groups is 1. The van der Waals surface area contributed by atoms with Crippen LogP contribution >= 0.6 is 23.4 Å². The number of halogens is 1. The molecule has 2 heterocycles. The van der Waals surface area contributed by atoms with E-state index in [2.05, 4.69) is 0 Å². The van der Waals surface area contributed by atoms with Crippen molar-refractivity contribution in [2.24, 2.45) is 0 Å². The average Bonchev–Trinajstić information content (AvgIpc) is 3.28. The largest absolute Gasteiger partial charge is 0.457 e. The second-order valence-corrected chi connectivity index (χ2v) is 8.28. The highest BCUT2D eigenvalue weighted by Gasteiger charge is 2.35. The fourth-order valence-electron chi connectivity index (χ4n) is 3.15. The summed E-state index contributed by atoms with van der Waals surface area (Å²) >= 11 is 6.99. The standard InChI is InChI=1S/C22H15ClN2O5S/c1-13-3-2-4-14(9-13)12-24-21(26)20(31-22(24)27)11-16-6-8-19(30-16)17-10-15(25(28)29)5-7-18(17)23/h2-11H,12H2,1H3/b20-11+. The lowest BCUT2D eigenvalue weighted by Gasteiger charge is -2.12. The van der Waals surface area contributed by atoms with Crippen molar-refractivity contribution >= 4 is 46.3 Å². The van der Waals surface area contributed by atoms with Crippen molar-refractivity contribution in [1.29, 1.82) is 0 Å². The first kappa shape index (κ1) is 20.9. The molecule has 9 heteroatoms. The number of imide groups is 1. The van der Waals surface area contributed by atoms with Gasteiger partial charge in [0.15, 0.2) is 0 Å². The Morgan fingerprint density at radius 2 is 1.97 bits per heavy atom. The number of thioether (sulfide) groups is 1. The zero-order chi connectivity index (χ0) is 22.1. The Morgan fingerprint density at radius 1 is 1.16 bits per heavy atom. The van der Waals surface area contributed by atoms with Crippen molar-refractivity contribution in [3.8, 4) is 11.3 Å². The average molecular weight is 455 g/mol. The number of nitrogens with zero attached hydrogens (tertiary/aromatic N) is 2. The SMILES string of the molecule is Cc1cccc(CN2C(=O)S/C(=C/c3ccc(-c4cc([N+](=O)[O-])ccc4Cl)o3)C2=O)c1. The number of rotatable bonds is 5. The molecule has 0 bridgehead atoms. The maximum absolute atomic E-state index is 12.7. The number of carbonyl (C=O) groups excluding carboxylic acids is 2. The lowest BCUT2D eigenvalue weighted by molar-refractivity contribution is -0.384. The number of benzene rings is 2. The Morgan fingerprint density at radius 3 is 2.71 bits per heavy atom. The summed E-state index contributed by atoms with van der Waals surface area (Å²) in [4.78, 5) is 37.0. The molecule has 3 aromatic rings. The molecule has 1 aromatic heterocycles. The number of carbonyl (C=O) groups is 2. The third kappa shape index (κ3) is 4.40. The molecule has 1 fully saturated rings. The van der Waals surface area contributed by atoms with E-state index in [0.717, 1.165) is 22.9 Å². The van der Waals surface area contributed by atoms with E-state index in [4.69, 9.17) is 16.0 Å². The van der Waals surface area contributed by atoms with Gasteiger partial charge in [0.2, 0.25) is 0 Å². The first-order valence-corrected chi connectivity index (χ1v) is 10.4. The number of aryl methyl sites for hydroxylation is 1. The molecule has 156 valence electrons. The number of hydrogen-bond donors (Lipinski definition) is 0. The summed E-state index contributed by atoms with van der Waals surface area (Å²) in [6, 6.07) is 14.9. The first-order chi connectivity index (χ1) is 14.8. The van der Waals surface area contributed by atoms with Crippen LogP contribution in [0.5, 0.6) is 0 Å². The van der Waals surface area contributed by atoms with Gasteiger partial charge in [-0.15, -0.1) is 0 Å². The van der Waals surface area contributed by atoms with Crippen LogP contribution in [0.1, 0.15) is 16.9 Å². The Labute approximate surface area is 186 Å². The molecule has 2 aromatic carbocycles. The van der Waals surface area contributed by atoms with Crippen LogP contribution in [0.2, 0.25) is 5.02 Å². The summed E-state index contributed by atoms with van der Waals surface area (Å²) in [5.41, 5.74) is 2.16. The lowest BCUT2D eigenvalue weighted by atomic mass is 10.1. The minimum Gasteiger partial charge on any atom is -0.457 e. The van der Waals surface area contributed by atoms with E-state index in [-0.39, 0.29) is 22.4 Å². The van der Waals surface area contributed by atoms with Crippen molar-refractivity contribution < 1.29 is 18.9 Å². The van der Waals surface area contributed by atoms with Gasteiger partial charge >= 0.3 is 0 Å². The molecular weight excluding hydrogens is 440 g/mol. The molecule has 4 rings (SSSR count). The molecule has 31 heavy (non-hydrogen) atoms. The summed E-state index contributed by atoms with van der Waals surface area (Å²) < 4.78 is 5.72. The first-order valence-electron chi connectivity index (χ1n) is 9.17. The number of furan rings is 1. The summed E-state index contributed by atoms with van der Waals surface area (Å²) in [6.07, 6.45) is 1.48. The lowest BCUT2D eigenvalue weighted by Crippen LogP contribution is -2.27. The van der Waals surface area contributed by atoms with Crippen LogP contribution in [0.25, 0.3) is 17.4 Å². The number of non-ortho nitro benzene ring substituents is 1. The molecule has 2 amide bonds. The molecule has 1 saturated heterocycles. The zero-order valence-electron chi connectivity index (χ0n) is 16.2. The molecule has 0 saturated carbocycles. The molecule has 1 aliphatic heterocycles. The number of nitro benzene ring substituents is 1. The predicted molar refractivity (Wildman–Crippen MR) is 119 cm³/mol. The molecule has 0 atom stereocenters. The van der Waals surface area contributed by atoms with Crippen LogP contribution in [-0.4, -0.2) is 21.0 Å². The van der Waals surface area contributed by atoms with Crippen LogP contribution in [0, 0.1) is 17.0 Å². The highest BCUT2D eigenvalue weighted by Crippen LogP contribution is 2.36. The molecule has 0 spiro atoms. The van der Waals surface area contributed by atoms with Gasteiger partial charge in [-0.2, -0.15) is 0 Å².